The van der Waals surface area contributed by atoms with E-state index in [9.17, 15) is 18.0 Å². The normalized spacial score (nSPS) is 12.0. The minimum absolute atomic E-state index is 0.0188. The van der Waals surface area contributed by atoms with Gasteiger partial charge in [0.1, 0.15) is 11.8 Å². The fourth-order valence-corrected chi connectivity index (χ4v) is 5.20. The minimum Gasteiger partial charge on any atom is -0.497 e. The van der Waals surface area contributed by atoms with Crippen molar-refractivity contribution in [2.75, 3.05) is 19.9 Å². The maximum absolute atomic E-state index is 14.1. The van der Waals surface area contributed by atoms with Crippen LogP contribution in [0.3, 0.4) is 0 Å². The third-order valence-electron chi connectivity index (χ3n) is 6.68. The van der Waals surface area contributed by atoms with Gasteiger partial charge in [0.05, 0.1) is 19.9 Å². The molecule has 4 aromatic rings. The molecule has 0 bridgehead atoms. The van der Waals surface area contributed by atoms with Gasteiger partial charge in [-0.15, -0.1) is 0 Å². The standard InChI is InChI=1S/C32H34N4O5S/c1-41-29-17-15-26(16-18-29)23-36(30(37)24-35(42(2,39)40)22-25-10-5-3-6-11-25)31(28-13-7-4-8-14-28)32(38)34-21-27-12-9-19-33-20-27/h3-20,31H,21-24H2,1-2H3,(H,34,38)/t31-/m0/s1. The van der Waals surface area contributed by atoms with Crippen LogP contribution in [0.15, 0.2) is 109 Å². The lowest BCUT2D eigenvalue weighted by molar-refractivity contribution is -0.141. The summed E-state index contributed by atoms with van der Waals surface area (Å²) in [5.74, 6) is -0.269. The molecule has 10 heteroatoms. The van der Waals surface area contributed by atoms with E-state index >= 15 is 0 Å². The predicted molar refractivity (Wildman–Crippen MR) is 161 cm³/mol. The van der Waals surface area contributed by atoms with Crippen molar-refractivity contribution in [2.24, 2.45) is 0 Å². The Morgan fingerprint density at radius 3 is 2.05 bits per heavy atom. The molecule has 0 aliphatic carbocycles. The van der Waals surface area contributed by atoms with Crippen LogP contribution in [0.25, 0.3) is 0 Å². The quantitative estimate of drug-likeness (QED) is 0.254. The van der Waals surface area contributed by atoms with E-state index in [4.69, 9.17) is 4.74 Å². The van der Waals surface area contributed by atoms with Crippen molar-refractivity contribution in [3.8, 4) is 5.75 Å². The lowest BCUT2D eigenvalue weighted by Crippen LogP contribution is -2.47. The van der Waals surface area contributed by atoms with Gasteiger partial charge >= 0.3 is 0 Å². The van der Waals surface area contributed by atoms with Gasteiger partial charge in [-0.3, -0.25) is 14.6 Å². The van der Waals surface area contributed by atoms with Crippen molar-refractivity contribution in [2.45, 2.75) is 25.7 Å². The third-order valence-corrected chi connectivity index (χ3v) is 7.88. The molecule has 0 saturated carbocycles. The van der Waals surface area contributed by atoms with Crippen LogP contribution in [0, 0.1) is 0 Å². The average molecular weight is 587 g/mol. The predicted octanol–water partition coefficient (Wildman–Crippen LogP) is 3.94. The van der Waals surface area contributed by atoms with Crippen molar-refractivity contribution < 1.29 is 22.7 Å². The molecule has 0 aliphatic rings. The molecule has 0 unspecified atom stereocenters. The molecular weight excluding hydrogens is 552 g/mol. The molecule has 1 atom stereocenters. The van der Waals surface area contributed by atoms with Crippen LogP contribution in [0.1, 0.15) is 28.3 Å². The number of rotatable bonds is 13. The maximum Gasteiger partial charge on any atom is 0.247 e. The van der Waals surface area contributed by atoms with E-state index in [-0.39, 0.29) is 19.6 Å². The van der Waals surface area contributed by atoms with E-state index in [0.29, 0.717) is 11.3 Å². The molecule has 2 amide bonds. The van der Waals surface area contributed by atoms with Crippen LogP contribution >= 0.6 is 0 Å². The van der Waals surface area contributed by atoms with Crippen molar-refractivity contribution >= 4 is 21.8 Å². The number of amides is 2. The summed E-state index contributed by atoms with van der Waals surface area (Å²) in [6, 6.07) is 27.8. The van der Waals surface area contributed by atoms with Crippen molar-refractivity contribution in [3.63, 3.8) is 0 Å². The van der Waals surface area contributed by atoms with Gasteiger partial charge in [-0.05, 0) is 40.5 Å². The highest BCUT2D eigenvalue weighted by molar-refractivity contribution is 7.88. The summed E-state index contributed by atoms with van der Waals surface area (Å²) in [5.41, 5.74) is 2.89. The fraction of sp³-hybridized carbons (Fsp3) is 0.219. The van der Waals surface area contributed by atoms with Gasteiger partial charge in [0.25, 0.3) is 0 Å². The molecule has 0 fully saturated rings. The van der Waals surface area contributed by atoms with Gasteiger partial charge in [-0.25, -0.2) is 8.42 Å². The Hall–Kier alpha value is -4.54. The largest absolute Gasteiger partial charge is 0.497 e. The van der Waals surface area contributed by atoms with E-state index in [1.807, 2.05) is 42.5 Å². The molecule has 218 valence electrons. The molecule has 1 heterocycles. The van der Waals surface area contributed by atoms with Crippen molar-refractivity contribution in [1.82, 2.24) is 19.5 Å². The molecule has 0 radical (unpaired) electrons. The van der Waals surface area contributed by atoms with Gasteiger partial charge in [0, 0.05) is 32.0 Å². The first-order chi connectivity index (χ1) is 20.2. The maximum atomic E-state index is 14.1. The summed E-state index contributed by atoms with van der Waals surface area (Å²) in [6.45, 7) is -0.149. The summed E-state index contributed by atoms with van der Waals surface area (Å²) >= 11 is 0. The van der Waals surface area contributed by atoms with Crippen molar-refractivity contribution in [3.05, 3.63) is 132 Å². The number of carbonyl (C=O) groups is 2. The van der Waals surface area contributed by atoms with E-state index in [1.54, 1.807) is 74.1 Å². The molecule has 9 nitrogen and oxygen atoms in total. The monoisotopic (exact) mass is 586 g/mol. The molecular formula is C32H34N4O5S. The average Bonchev–Trinajstić information content (AvgIpc) is 3.01. The second-order valence-electron chi connectivity index (χ2n) is 9.78. The van der Waals surface area contributed by atoms with Crippen LogP contribution in [-0.4, -0.2) is 54.3 Å². The number of hydrogen-bond acceptors (Lipinski definition) is 6. The molecule has 1 N–H and O–H groups in total. The highest BCUT2D eigenvalue weighted by Crippen LogP contribution is 2.26. The van der Waals surface area contributed by atoms with Gasteiger partial charge in [-0.1, -0.05) is 78.9 Å². The van der Waals surface area contributed by atoms with Gasteiger partial charge in [0.2, 0.25) is 21.8 Å². The van der Waals surface area contributed by atoms with Crippen molar-refractivity contribution in [1.29, 1.82) is 0 Å². The second kappa shape index (κ2) is 14.4. The number of sulfonamides is 1. The Labute approximate surface area is 246 Å². The van der Waals surface area contributed by atoms with Gasteiger partial charge in [0.15, 0.2) is 0 Å². The van der Waals surface area contributed by atoms with E-state index in [0.717, 1.165) is 27.3 Å². The van der Waals surface area contributed by atoms with Crippen LogP contribution in [0.2, 0.25) is 0 Å². The number of ether oxygens (including phenoxy) is 1. The van der Waals surface area contributed by atoms with E-state index in [2.05, 4.69) is 10.3 Å². The number of pyridine rings is 1. The third kappa shape index (κ3) is 8.48. The zero-order valence-corrected chi connectivity index (χ0v) is 24.4. The van der Waals surface area contributed by atoms with E-state index < -0.39 is 34.4 Å². The fourth-order valence-electron chi connectivity index (χ4n) is 4.47. The number of hydrogen-bond donors (Lipinski definition) is 1. The topological polar surface area (TPSA) is 109 Å². The highest BCUT2D eigenvalue weighted by atomic mass is 32.2. The Morgan fingerprint density at radius 1 is 0.833 bits per heavy atom. The molecule has 1 aromatic heterocycles. The van der Waals surface area contributed by atoms with E-state index in [1.165, 1.54) is 4.90 Å². The van der Waals surface area contributed by atoms with Crippen LogP contribution in [0.5, 0.6) is 5.75 Å². The number of carbonyl (C=O) groups excluding carboxylic acids is 2. The molecule has 0 spiro atoms. The summed E-state index contributed by atoms with van der Waals surface area (Å²) in [4.78, 5) is 33.5. The number of methoxy groups -OCH3 is 1. The number of benzene rings is 3. The lowest BCUT2D eigenvalue weighted by Gasteiger charge is -2.33. The SMILES string of the molecule is COc1ccc(CN(C(=O)CN(Cc2ccccc2)S(C)(=O)=O)[C@H](C(=O)NCc2cccnc2)c2ccccc2)cc1. The first-order valence-corrected chi connectivity index (χ1v) is 15.2. The zero-order chi connectivity index (χ0) is 30.0. The number of aromatic nitrogens is 1. The number of nitrogens with zero attached hydrogens (tertiary/aromatic N) is 3. The van der Waals surface area contributed by atoms with Crippen LogP contribution in [-0.2, 0) is 39.2 Å². The lowest BCUT2D eigenvalue weighted by atomic mass is 10.0. The summed E-state index contributed by atoms with van der Waals surface area (Å²) < 4.78 is 32.0. The van der Waals surface area contributed by atoms with Crippen LogP contribution in [0.4, 0.5) is 0 Å². The molecule has 0 saturated heterocycles. The smallest absolute Gasteiger partial charge is 0.247 e. The molecule has 42 heavy (non-hydrogen) atoms. The summed E-state index contributed by atoms with van der Waals surface area (Å²) in [7, 11) is -2.20. The summed E-state index contributed by atoms with van der Waals surface area (Å²) in [5, 5.41) is 2.94. The molecule has 4 rings (SSSR count). The second-order valence-corrected chi connectivity index (χ2v) is 11.8. The Balaban J connectivity index is 1.70. The first kappa shape index (κ1) is 30.4. The Bertz CT molecular complexity index is 1550. The molecule has 3 aromatic carbocycles. The first-order valence-electron chi connectivity index (χ1n) is 13.4. The minimum atomic E-state index is -3.77. The van der Waals surface area contributed by atoms with Gasteiger partial charge in [-0.2, -0.15) is 4.31 Å². The summed E-state index contributed by atoms with van der Waals surface area (Å²) in [6.07, 6.45) is 4.38. The van der Waals surface area contributed by atoms with Crippen LogP contribution < -0.4 is 10.1 Å². The Morgan fingerprint density at radius 2 is 1.45 bits per heavy atom. The Kier molecular flexibility index (Phi) is 10.4. The zero-order valence-electron chi connectivity index (χ0n) is 23.6. The van der Waals surface area contributed by atoms with Gasteiger partial charge < -0.3 is 15.0 Å². The highest BCUT2D eigenvalue weighted by Gasteiger charge is 2.33. The molecule has 0 aliphatic heterocycles. The number of nitrogens with one attached hydrogen (secondary N) is 1.